The number of aromatic nitrogens is 2. The van der Waals surface area contributed by atoms with Gasteiger partial charge in [0.2, 0.25) is 5.91 Å². The van der Waals surface area contributed by atoms with Crippen LogP contribution in [0.2, 0.25) is 0 Å². The van der Waals surface area contributed by atoms with Crippen LogP contribution in [0.4, 0.5) is 0 Å². The fourth-order valence-corrected chi connectivity index (χ4v) is 3.17. The average molecular weight is 305 g/mol. The molecule has 0 aliphatic rings. The van der Waals surface area contributed by atoms with Crippen molar-refractivity contribution in [3.8, 4) is 0 Å². The van der Waals surface area contributed by atoms with Gasteiger partial charge in [0.1, 0.15) is 6.04 Å². The van der Waals surface area contributed by atoms with Crippen molar-refractivity contribution in [1.29, 1.82) is 0 Å². The fourth-order valence-electron chi connectivity index (χ4n) is 2.26. The van der Waals surface area contributed by atoms with Crippen LogP contribution in [0.25, 0.3) is 0 Å². The summed E-state index contributed by atoms with van der Waals surface area (Å²) in [4.78, 5) is 21.3. The van der Waals surface area contributed by atoms with Gasteiger partial charge in [0.15, 0.2) is 0 Å². The van der Waals surface area contributed by atoms with Gasteiger partial charge in [-0.05, 0) is 32.4 Å². The van der Waals surface area contributed by atoms with Crippen molar-refractivity contribution in [3.05, 3.63) is 40.6 Å². The number of thiophene rings is 1. The lowest BCUT2D eigenvalue weighted by atomic mass is 10.2. The van der Waals surface area contributed by atoms with Crippen molar-refractivity contribution in [1.82, 2.24) is 14.5 Å². The molecule has 0 aliphatic carbocycles. The SMILES string of the molecule is CCCCN(Cc1ccc(C)s1)C(=O)[C@@H](C)n1ccnc1. The second kappa shape index (κ2) is 7.41. The van der Waals surface area contributed by atoms with Gasteiger partial charge in [-0.25, -0.2) is 4.98 Å². The van der Waals surface area contributed by atoms with Crippen LogP contribution in [0.5, 0.6) is 0 Å². The molecule has 2 aromatic rings. The van der Waals surface area contributed by atoms with Crippen LogP contribution in [0.3, 0.4) is 0 Å². The molecule has 0 unspecified atom stereocenters. The molecule has 2 aromatic heterocycles. The van der Waals surface area contributed by atoms with E-state index in [9.17, 15) is 4.79 Å². The summed E-state index contributed by atoms with van der Waals surface area (Å²) in [6.07, 6.45) is 7.38. The lowest BCUT2D eigenvalue weighted by molar-refractivity contribution is -0.135. The molecule has 0 fully saturated rings. The quantitative estimate of drug-likeness (QED) is 0.783. The number of amides is 1. The third-order valence-corrected chi connectivity index (χ3v) is 4.55. The zero-order valence-corrected chi connectivity index (χ0v) is 13.8. The van der Waals surface area contributed by atoms with Crippen molar-refractivity contribution in [3.63, 3.8) is 0 Å². The zero-order chi connectivity index (χ0) is 15.2. The zero-order valence-electron chi connectivity index (χ0n) is 13.0. The lowest BCUT2D eigenvalue weighted by Gasteiger charge is -2.26. The fraction of sp³-hybridized carbons (Fsp3) is 0.500. The molecule has 0 spiro atoms. The summed E-state index contributed by atoms with van der Waals surface area (Å²) in [5.41, 5.74) is 0. The summed E-state index contributed by atoms with van der Waals surface area (Å²) in [6.45, 7) is 7.70. The Kier molecular flexibility index (Phi) is 5.56. The Morgan fingerprint density at radius 2 is 2.29 bits per heavy atom. The highest BCUT2D eigenvalue weighted by Crippen LogP contribution is 2.19. The molecular weight excluding hydrogens is 282 g/mol. The normalized spacial score (nSPS) is 12.3. The number of imidazole rings is 1. The second-order valence-corrected chi connectivity index (χ2v) is 6.68. The summed E-state index contributed by atoms with van der Waals surface area (Å²) >= 11 is 1.76. The molecule has 5 heteroatoms. The monoisotopic (exact) mass is 305 g/mol. The van der Waals surface area contributed by atoms with Gasteiger partial charge >= 0.3 is 0 Å². The molecule has 0 radical (unpaired) electrons. The summed E-state index contributed by atoms with van der Waals surface area (Å²) in [5, 5.41) is 0. The van der Waals surface area contributed by atoms with Gasteiger partial charge in [-0.2, -0.15) is 0 Å². The van der Waals surface area contributed by atoms with Crippen LogP contribution in [-0.2, 0) is 11.3 Å². The van der Waals surface area contributed by atoms with Crippen LogP contribution in [0.15, 0.2) is 30.9 Å². The third-order valence-electron chi connectivity index (χ3n) is 3.57. The van der Waals surface area contributed by atoms with E-state index in [2.05, 4.69) is 31.0 Å². The number of unbranched alkanes of at least 4 members (excludes halogenated alkanes) is 1. The Balaban J connectivity index is 2.09. The summed E-state index contributed by atoms with van der Waals surface area (Å²) in [7, 11) is 0. The molecule has 2 rings (SSSR count). The number of hydrogen-bond acceptors (Lipinski definition) is 3. The Morgan fingerprint density at radius 3 is 2.86 bits per heavy atom. The smallest absolute Gasteiger partial charge is 0.245 e. The minimum Gasteiger partial charge on any atom is -0.336 e. The van der Waals surface area contributed by atoms with Gasteiger partial charge in [-0.1, -0.05) is 13.3 Å². The Labute approximate surface area is 130 Å². The number of hydrogen-bond donors (Lipinski definition) is 0. The molecule has 4 nitrogen and oxygen atoms in total. The number of carbonyl (C=O) groups is 1. The van der Waals surface area contributed by atoms with Gasteiger partial charge < -0.3 is 9.47 Å². The van der Waals surface area contributed by atoms with E-state index in [1.54, 1.807) is 23.9 Å². The highest BCUT2D eigenvalue weighted by molar-refractivity contribution is 7.11. The molecule has 0 aliphatic heterocycles. The Morgan fingerprint density at radius 1 is 1.48 bits per heavy atom. The summed E-state index contributed by atoms with van der Waals surface area (Å²) < 4.78 is 1.86. The van der Waals surface area contributed by atoms with E-state index >= 15 is 0 Å². The standard InChI is InChI=1S/C16H23N3OS/c1-4-5-9-18(11-15-7-6-13(2)21-15)16(20)14(3)19-10-8-17-12-19/h6-8,10,12,14H,4-5,9,11H2,1-3H3/t14-/m1/s1. The maximum atomic E-state index is 12.7. The number of rotatable bonds is 7. The summed E-state index contributed by atoms with van der Waals surface area (Å²) in [6, 6.07) is 4.03. The molecule has 2 heterocycles. The van der Waals surface area contributed by atoms with Gasteiger partial charge in [-0.3, -0.25) is 4.79 Å². The molecule has 0 N–H and O–H groups in total. The van der Waals surface area contributed by atoms with Gasteiger partial charge in [0, 0.05) is 28.7 Å². The van der Waals surface area contributed by atoms with Crippen LogP contribution in [-0.4, -0.2) is 26.9 Å². The van der Waals surface area contributed by atoms with Crippen LogP contribution >= 0.6 is 11.3 Å². The predicted octanol–water partition coefficient (Wildman–Crippen LogP) is 3.64. The van der Waals surface area contributed by atoms with E-state index in [1.807, 2.05) is 22.6 Å². The van der Waals surface area contributed by atoms with Crippen LogP contribution in [0.1, 0.15) is 42.5 Å². The van der Waals surface area contributed by atoms with Crippen molar-refractivity contribution in [2.75, 3.05) is 6.54 Å². The molecular formula is C16H23N3OS. The highest BCUT2D eigenvalue weighted by atomic mass is 32.1. The minimum atomic E-state index is -0.203. The third kappa shape index (κ3) is 4.17. The molecule has 0 bridgehead atoms. The van der Waals surface area contributed by atoms with E-state index in [0.29, 0.717) is 6.54 Å². The van der Waals surface area contributed by atoms with E-state index in [4.69, 9.17) is 0 Å². The maximum absolute atomic E-state index is 12.7. The molecule has 1 amide bonds. The molecule has 0 saturated heterocycles. The lowest BCUT2D eigenvalue weighted by Crippen LogP contribution is -2.36. The summed E-state index contributed by atoms with van der Waals surface area (Å²) in [5.74, 6) is 0.160. The largest absolute Gasteiger partial charge is 0.336 e. The molecule has 21 heavy (non-hydrogen) atoms. The van der Waals surface area contributed by atoms with Crippen LogP contribution in [0, 0.1) is 6.92 Å². The molecule has 0 aromatic carbocycles. The van der Waals surface area contributed by atoms with Crippen LogP contribution < -0.4 is 0 Å². The van der Waals surface area contributed by atoms with E-state index < -0.39 is 0 Å². The van der Waals surface area contributed by atoms with Crippen molar-refractivity contribution < 1.29 is 4.79 Å². The number of aryl methyl sites for hydroxylation is 1. The van der Waals surface area contributed by atoms with E-state index in [-0.39, 0.29) is 11.9 Å². The molecule has 1 atom stereocenters. The first-order valence-electron chi connectivity index (χ1n) is 7.43. The highest BCUT2D eigenvalue weighted by Gasteiger charge is 2.21. The van der Waals surface area contributed by atoms with Crippen molar-refractivity contribution >= 4 is 17.2 Å². The Hall–Kier alpha value is -1.62. The maximum Gasteiger partial charge on any atom is 0.245 e. The van der Waals surface area contributed by atoms with Gasteiger partial charge in [0.25, 0.3) is 0 Å². The molecule has 114 valence electrons. The van der Waals surface area contributed by atoms with Gasteiger partial charge in [0.05, 0.1) is 12.9 Å². The molecule has 0 saturated carbocycles. The Bertz CT molecular complexity index is 562. The average Bonchev–Trinajstić information content (AvgIpc) is 3.13. The van der Waals surface area contributed by atoms with Crippen molar-refractivity contribution in [2.45, 2.75) is 46.2 Å². The first-order chi connectivity index (χ1) is 10.1. The predicted molar refractivity (Wildman–Crippen MR) is 86.3 cm³/mol. The first-order valence-corrected chi connectivity index (χ1v) is 8.25. The van der Waals surface area contributed by atoms with Gasteiger partial charge in [-0.15, -0.1) is 11.3 Å². The minimum absolute atomic E-state index is 0.160. The first kappa shape index (κ1) is 15.8. The van der Waals surface area contributed by atoms with Crippen molar-refractivity contribution in [2.24, 2.45) is 0 Å². The van der Waals surface area contributed by atoms with E-state index in [1.165, 1.54) is 9.75 Å². The number of nitrogens with zero attached hydrogens (tertiary/aromatic N) is 3. The van der Waals surface area contributed by atoms with E-state index in [0.717, 1.165) is 19.4 Å². The topological polar surface area (TPSA) is 38.1 Å². The number of carbonyl (C=O) groups excluding carboxylic acids is 1. The second-order valence-electron chi connectivity index (χ2n) is 5.31.